The van der Waals surface area contributed by atoms with Crippen LogP contribution in [-0.2, 0) is 9.63 Å². The Hall–Kier alpha value is -0.610. The SMILES string of the molecule is CCC(=O)NOC1CCC(NC)CC1. The Kier molecular flexibility index (Phi) is 4.90. The normalized spacial score (nSPS) is 27.3. The number of hydrogen-bond donors (Lipinski definition) is 2. The highest BCUT2D eigenvalue weighted by atomic mass is 16.7. The fourth-order valence-corrected chi connectivity index (χ4v) is 1.69. The summed E-state index contributed by atoms with van der Waals surface area (Å²) in [6.07, 6.45) is 4.98. The first kappa shape index (κ1) is 11.5. The minimum absolute atomic E-state index is 0.0410. The van der Waals surface area contributed by atoms with Gasteiger partial charge in [0.25, 0.3) is 0 Å². The van der Waals surface area contributed by atoms with Crippen LogP contribution < -0.4 is 10.8 Å². The molecule has 0 spiro atoms. The zero-order valence-corrected chi connectivity index (χ0v) is 9.01. The second-order valence-corrected chi connectivity index (χ2v) is 3.76. The fraction of sp³-hybridized carbons (Fsp3) is 0.900. The second kappa shape index (κ2) is 5.98. The maximum atomic E-state index is 10.9. The van der Waals surface area contributed by atoms with Crippen molar-refractivity contribution in [2.45, 2.75) is 51.2 Å². The number of hydroxylamine groups is 1. The molecule has 0 radical (unpaired) electrons. The van der Waals surface area contributed by atoms with Crippen molar-refractivity contribution >= 4 is 5.91 Å². The molecule has 1 fully saturated rings. The van der Waals surface area contributed by atoms with Gasteiger partial charge in [-0.2, -0.15) is 0 Å². The third-order valence-corrected chi connectivity index (χ3v) is 2.74. The van der Waals surface area contributed by atoms with Gasteiger partial charge >= 0.3 is 0 Å². The maximum absolute atomic E-state index is 10.9. The van der Waals surface area contributed by atoms with E-state index < -0.39 is 0 Å². The van der Waals surface area contributed by atoms with Crippen LogP contribution in [0.15, 0.2) is 0 Å². The number of rotatable bonds is 4. The van der Waals surface area contributed by atoms with Gasteiger partial charge in [-0.25, -0.2) is 5.48 Å². The first-order valence-corrected chi connectivity index (χ1v) is 5.38. The zero-order valence-electron chi connectivity index (χ0n) is 9.01. The van der Waals surface area contributed by atoms with Crippen molar-refractivity contribution in [1.82, 2.24) is 10.8 Å². The lowest BCUT2D eigenvalue weighted by atomic mass is 9.93. The van der Waals surface area contributed by atoms with Crippen LogP contribution >= 0.6 is 0 Å². The molecule has 0 unspecified atom stereocenters. The zero-order chi connectivity index (χ0) is 10.4. The maximum Gasteiger partial charge on any atom is 0.243 e. The predicted octanol–water partition coefficient (Wildman–Crippen LogP) is 0.975. The molecule has 0 aromatic heterocycles. The number of carbonyl (C=O) groups excluding carboxylic acids is 1. The van der Waals surface area contributed by atoms with Gasteiger partial charge in [0.1, 0.15) is 0 Å². The summed E-state index contributed by atoms with van der Waals surface area (Å²) >= 11 is 0. The Morgan fingerprint density at radius 2 is 2.00 bits per heavy atom. The smallest absolute Gasteiger partial charge is 0.243 e. The molecule has 1 amide bonds. The van der Waals surface area contributed by atoms with E-state index in [4.69, 9.17) is 4.84 Å². The molecule has 1 aliphatic carbocycles. The summed E-state index contributed by atoms with van der Waals surface area (Å²) in [5.41, 5.74) is 2.48. The van der Waals surface area contributed by atoms with Crippen LogP contribution in [-0.4, -0.2) is 25.1 Å². The fourth-order valence-electron chi connectivity index (χ4n) is 1.69. The van der Waals surface area contributed by atoms with Crippen molar-refractivity contribution < 1.29 is 9.63 Å². The number of amides is 1. The predicted molar refractivity (Wildman–Crippen MR) is 54.6 cm³/mol. The Labute approximate surface area is 85.3 Å². The van der Waals surface area contributed by atoms with Crippen LogP contribution in [0.4, 0.5) is 0 Å². The number of carbonyl (C=O) groups is 1. The summed E-state index contributed by atoms with van der Waals surface area (Å²) in [6, 6.07) is 0.622. The van der Waals surface area contributed by atoms with Gasteiger partial charge in [-0.1, -0.05) is 6.92 Å². The van der Waals surface area contributed by atoms with E-state index in [9.17, 15) is 4.79 Å². The van der Waals surface area contributed by atoms with Crippen molar-refractivity contribution in [2.24, 2.45) is 0 Å². The standard InChI is InChI=1S/C10H20N2O2/c1-3-10(13)12-14-9-6-4-8(11-2)5-7-9/h8-9,11H,3-7H2,1-2H3,(H,12,13). The summed E-state index contributed by atoms with van der Waals surface area (Å²) in [5, 5.41) is 3.26. The highest BCUT2D eigenvalue weighted by Gasteiger charge is 2.20. The highest BCUT2D eigenvalue weighted by molar-refractivity contribution is 5.74. The summed E-state index contributed by atoms with van der Waals surface area (Å²) in [5.74, 6) is -0.0410. The summed E-state index contributed by atoms with van der Waals surface area (Å²) < 4.78 is 0. The number of nitrogens with one attached hydrogen (secondary N) is 2. The molecule has 0 aromatic carbocycles. The Bertz CT molecular complexity index is 177. The molecule has 2 N–H and O–H groups in total. The van der Waals surface area contributed by atoms with Crippen LogP contribution in [0, 0.1) is 0 Å². The van der Waals surface area contributed by atoms with Crippen LogP contribution in [0.2, 0.25) is 0 Å². The minimum Gasteiger partial charge on any atom is -0.317 e. The van der Waals surface area contributed by atoms with E-state index in [2.05, 4.69) is 10.8 Å². The van der Waals surface area contributed by atoms with Gasteiger partial charge in [-0.15, -0.1) is 0 Å². The molecular formula is C10H20N2O2. The van der Waals surface area contributed by atoms with E-state index in [1.807, 2.05) is 14.0 Å². The molecule has 0 aliphatic heterocycles. The summed E-state index contributed by atoms with van der Waals surface area (Å²) in [7, 11) is 1.99. The summed E-state index contributed by atoms with van der Waals surface area (Å²) in [4.78, 5) is 16.2. The van der Waals surface area contributed by atoms with Crippen molar-refractivity contribution in [1.29, 1.82) is 0 Å². The first-order valence-electron chi connectivity index (χ1n) is 5.38. The molecule has 0 saturated heterocycles. The number of hydrogen-bond acceptors (Lipinski definition) is 3. The topological polar surface area (TPSA) is 50.4 Å². The van der Waals surface area contributed by atoms with E-state index in [-0.39, 0.29) is 12.0 Å². The van der Waals surface area contributed by atoms with Gasteiger partial charge < -0.3 is 5.32 Å². The van der Waals surface area contributed by atoms with E-state index in [0.29, 0.717) is 12.5 Å². The summed E-state index contributed by atoms with van der Waals surface area (Å²) in [6.45, 7) is 1.82. The van der Waals surface area contributed by atoms with Crippen molar-refractivity contribution in [3.05, 3.63) is 0 Å². The third kappa shape index (κ3) is 3.64. The molecule has 4 heteroatoms. The highest BCUT2D eigenvalue weighted by Crippen LogP contribution is 2.20. The van der Waals surface area contributed by atoms with E-state index in [1.54, 1.807) is 0 Å². The quantitative estimate of drug-likeness (QED) is 0.665. The van der Waals surface area contributed by atoms with Crippen LogP contribution in [0.3, 0.4) is 0 Å². The Balaban J connectivity index is 2.13. The molecule has 14 heavy (non-hydrogen) atoms. The molecule has 4 nitrogen and oxygen atoms in total. The molecule has 1 rings (SSSR count). The molecule has 1 aliphatic rings. The lowest BCUT2D eigenvalue weighted by Crippen LogP contribution is -2.36. The van der Waals surface area contributed by atoms with Gasteiger partial charge in [-0.05, 0) is 32.7 Å². The van der Waals surface area contributed by atoms with Crippen LogP contribution in [0.25, 0.3) is 0 Å². The average molecular weight is 200 g/mol. The molecular weight excluding hydrogens is 180 g/mol. The largest absolute Gasteiger partial charge is 0.317 e. The van der Waals surface area contributed by atoms with E-state index >= 15 is 0 Å². The van der Waals surface area contributed by atoms with Gasteiger partial charge in [0.05, 0.1) is 6.10 Å². The molecule has 82 valence electrons. The molecule has 0 aromatic rings. The van der Waals surface area contributed by atoms with Crippen molar-refractivity contribution in [3.63, 3.8) is 0 Å². The molecule has 1 saturated carbocycles. The van der Waals surface area contributed by atoms with Crippen LogP contribution in [0.1, 0.15) is 39.0 Å². The lowest BCUT2D eigenvalue weighted by Gasteiger charge is -2.27. The molecule has 0 atom stereocenters. The first-order chi connectivity index (χ1) is 6.76. The van der Waals surface area contributed by atoms with Crippen molar-refractivity contribution in [2.75, 3.05) is 7.05 Å². The Morgan fingerprint density at radius 1 is 1.36 bits per heavy atom. The Morgan fingerprint density at radius 3 is 2.50 bits per heavy atom. The van der Waals surface area contributed by atoms with E-state index in [1.165, 1.54) is 0 Å². The lowest BCUT2D eigenvalue weighted by molar-refractivity contribution is -0.139. The molecule has 0 bridgehead atoms. The molecule has 0 heterocycles. The second-order valence-electron chi connectivity index (χ2n) is 3.76. The van der Waals surface area contributed by atoms with Gasteiger partial charge in [0.2, 0.25) is 5.91 Å². The van der Waals surface area contributed by atoms with Crippen LogP contribution in [0.5, 0.6) is 0 Å². The average Bonchev–Trinajstić information content (AvgIpc) is 2.26. The van der Waals surface area contributed by atoms with Gasteiger partial charge in [0.15, 0.2) is 0 Å². The minimum atomic E-state index is -0.0410. The van der Waals surface area contributed by atoms with E-state index in [0.717, 1.165) is 25.7 Å². The van der Waals surface area contributed by atoms with Crippen molar-refractivity contribution in [3.8, 4) is 0 Å². The van der Waals surface area contributed by atoms with Gasteiger partial charge in [-0.3, -0.25) is 9.63 Å². The monoisotopic (exact) mass is 200 g/mol. The van der Waals surface area contributed by atoms with Gasteiger partial charge in [0, 0.05) is 12.5 Å². The third-order valence-electron chi connectivity index (χ3n) is 2.74.